The van der Waals surface area contributed by atoms with Gasteiger partial charge in [0, 0.05) is 18.3 Å². The Morgan fingerprint density at radius 2 is 1.85 bits per heavy atom. The summed E-state index contributed by atoms with van der Waals surface area (Å²) in [5.41, 5.74) is 1.76. The van der Waals surface area contributed by atoms with Crippen LogP contribution >= 0.6 is 11.3 Å². The molecule has 0 saturated carbocycles. The number of benzene rings is 1. The van der Waals surface area contributed by atoms with Gasteiger partial charge in [-0.25, -0.2) is 0 Å². The monoisotopic (exact) mass is 468 g/mol. The number of nitrogens with one attached hydrogen (secondary N) is 3. The second-order valence-corrected chi connectivity index (χ2v) is 8.43. The summed E-state index contributed by atoms with van der Waals surface area (Å²) in [4.78, 5) is 73.7. The zero-order chi connectivity index (χ0) is 23.5. The summed E-state index contributed by atoms with van der Waals surface area (Å²) in [5, 5.41) is 10.7. The number of anilines is 1. The molecule has 2 aliphatic heterocycles. The van der Waals surface area contributed by atoms with Crippen LogP contribution in [0.25, 0.3) is 0 Å². The number of carbonyl (C=O) groups is 6. The maximum Gasteiger partial charge on any atom is 0.313 e. The van der Waals surface area contributed by atoms with Crippen LogP contribution in [-0.2, 0) is 25.6 Å². The van der Waals surface area contributed by atoms with Gasteiger partial charge in [-0.05, 0) is 48.4 Å². The van der Waals surface area contributed by atoms with Gasteiger partial charge in [-0.3, -0.25) is 39.0 Å². The molecule has 10 nitrogen and oxygen atoms in total. The number of thiophene rings is 1. The highest BCUT2D eigenvalue weighted by atomic mass is 32.1. The van der Waals surface area contributed by atoms with E-state index < -0.39 is 41.5 Å². The third-order valence-corrected chi connectivity index (χ3v) is 6.10. The molecule has 0 bridgehead atoms. The van der Waals surface area contributed by atoms with Crippen LogP contribution in [0.1, 0.15) is 45.5 Å². The van der Waals surface area contributed by atoms with Crippen molar-refractivity contribution < 1.29 is 28.8 Å². The summed E-state index contributed by atoms with van der Waals surface area (Å²) in [7, 11) is 0. The fraction of sp³-hybridized carbons (Fsp3) is 0.273. The Bertz CT molecular complexity index is 1160. The lowest BCUT2D eigenvalue weighted by Crippen LogP contribution is -2.54. The molecule has 170 valence electrons. The lowest BCUT2D eigenvalue weighted by molar-refractivity contribution is -0.136. The van der Waals surface area contributed by atoms with E-state index in [2.05, 4.69) is 16.0 Å². The second kappa shape index (κ2) is 9.33. The number of fused-ring (bicyclic) bond motifs is 1. The van der Waals surface area contributed by atoms with Gasteiger partial charge in [-0.2, -0.15) is 11.3 Å². The van der Waals surface area contributed by atoms with E-state index in [1.807, 2.05) is 0 Å². The Hall–Kier alpha value is -3.86. The van der Waals surface area contributed by atoms with Crippen LogP contribution < -0.4 is 16.0 Å². The third kappa shape index (κ3) is 4.67. The molecule has 2 aliphatic rings. The molecule has 2 aromatic rings. The maximum absolute atomic E-state index is 12.8. The predicted octanol–water partition coefficient (Wildman–Crippen LogP) is 0.837. The molecule has 1 aromatic carbocycles. The highest BCUT2D eigenvalue weighted by Gasteiger charge is 2.44. The van der Waals surface area contributed by atoms with Crippen molar-refractivity contribution in [2.75, 3.05) is 11.9 Å². The van der Waals surface area contributed by atoms with Gasteiger partial charge in [0.05, 0.1) is 16.8 Å². The van der Waals surface area contributed by atoms with Gasteiger partial charge in [0.25, 0.3) is 11.8 Å². The first-order valence-corrected chi connectivity index (χ1v) is 11.3. The molecule has 0 aliphatic carbocycles. The van der Waals surface area contributed by atoms with Gasteiger partial charge in [0.2, 0.25) is 11.8 Å². The first-order valence-electron chi connectivity index (χ1n) is 10.3. The Morgan fingerprint density at radius 3 is 2.58 bits per heavy atom. The lowest BCUT2D eigenvalue weighted by atomic mass is 10.0. The van der Waals surface area contributed by atoms with Crippen LogP contribution in [0.5, 0.6) is 0 Å². The number of imide groups is 2. The third-order valence-electron chi connectivity index (χ3n) is 5.42. The van der Waals surface area contributed by atoms with Crippen molar-refractivity contribution in [3.8, 4) is 0 Å². The van der Waals surface area contributed by atoms with Crippen molar-refractivity contribution in [2.45, 2.75) is 31.7 Å². The van der Waals surface area contributed by atoms with E-state index >= 15 is 0 Å². The Morgan fingerprint density at radius 1 is 1.06 bits per heavy atom. The Balaban J connectivity index is 1.32. The normalized spacial score (nSPS) is 17.6. The zero-order valence-electron chi connectivity index (χ0n) is 17.4. The van der Waals surface area contributed by atoms with Gasteiger partial charge in [0.1, 0.15) is 6.04 Å². The number of nitrogens with zero attached hydrogens (tertiary/aromatic N) is 1. The molecule has 3 heterocycles. The average Bonchev–Trinajstić information content (AvgIpc) is 3.38. The number of rotatable bonds is 6. The van der Waals surface area contributed by atoms with Crippen LogP contribution in [0.4, 0.5) is 5.69 Å². The van der Waals surface area contributed by atoms with Gasteiger partial charge in [-0.15, -0.1) is 0 Å². The summed E-state index contributed by atoms with van der Waals surface area (Å²) in [6.07, 6.45) is 1.17. The summed E-state index contributed by atoms with van der Waals surface area (Å²) >= 11 is 1.40. The van der Waals surface area contributed by atoms with E-state index in [1.54, 1.807) is 35.0 Å². The van der Waals surface area contributed by atoms with Crippen molar-refractivity contribution >= 4 is 52.5 Å². The van der Waals surface area contributed by atoms with Gasteiger partial charge in [0.15, 0.2) is 0 Å². The summed E-state index contributed by atoms with van der Waals surface area (Å²) in [6.45, 7) is 0.252. The number of piperidine rings is 1. The molecule has 1 unspecified atom stereocenters. The highest BCUT2D eigenvalue weighted by molar-refractivity contribution is 7.08. The minimum atomic E-state index is -1.01. The lowest BCUT2D eigenvalue weighted by Gasteiger charge is -2.27. The van der Waals surface area contributed by atoms with E-state index in [9.17, 15) is 28.8 Å². The predicted molar refractivity (Wildman–Crippen MR) is 117 cm³/mol. The maximum atomic E-state index is 12.8. The quantitative estimate of drug-likeness (QED) is 0.326. The average molecular weight is 468 g/mol. The van der Waals surface area contributed by atoms with E-state index in [0.29, 0.717) is 18.5 Å². The standard InChI is InChI=1S/C22H20N4O6S/c27-17-6-5-16(18(28)25-17)26-21(31)14-4-3-12(10-15(14)22(26)32)2-1-8-23-19(29)20(30)24-13-7-9-33-11-13/h3-4,7,9-11,16H,1-2,5-6,8H2,(H,23,29)(H,24,30)(H,25,27,28). The number of hydrogen-bond acceptors (Lipinski definition) is 7. The fourth-order valence-corrected chi connectivity index (χ4v) is 4.36. The Labute approximate surface area is 192 Å². The van der Waals surface area contributed by atoms with Gasteiger partial charge >= 0.3 is 11.8 Å². The molecule has 6 amide bonds. The van der Waals surface area contributed by atoms with Crippen molar-refractivity contribution in [1.29, 1.82) is 0 Å². The Kier molecular flexibility index (Phi) is 6.31. The first kappa shape index (κ1) is 22.3. The number of aryl methyl sites for hydroxylation is 1. The first-order chi connectivity index (χ1) is 15.8. The summed E-state index contributed by atoms with van der Waals surface area (Å²) < 4.78 is 0. The number of hydrogen-bond donors (Lipinski definition) is 3. The van der Waals surface area contributed by atoms with E-state index in [4.69, 9.17) is 0 Å². The molecular weight excluding hydrogens is 448 g/mol. The minimum Gasteiger partial charge on any atom is -0.348 e. The molecule has 0 radical (unpaired) electrons. The molecule has 4 rings (SSSR count). The summed E-state index contributed by atoms with van der Waals surface area (Å²) in [6, 6.07) is 5.55. The van der Waals surface area contributed by atoms with Gasteiger partial charge in [-0.1, -0.05) is 6.07 Å². The van der Waals surface area contributed by atoms with Crippen molar-refractivity contribution in [2.24, 2.45) is 0 Å². The van der Waals surface area contributed by atoms with Crippen LogP contribution in [0.15, 0.2) is 35.0 Å². The zero-order valence-corrected chi connectivity index (χ0v) is 18.2. The molecule has 11 heteroatoms. The molecule has 1 fully saturated rings. The van der Waals surface area contributed by atoms with Crippen LogP contribution in [0.2, 0.25) is 0 Å². The molecule has 33 heavy (non-hydrogen) atoms. The van der Waals surface area contributed by atoms with Crippen molar-refractivity contribution in [1.82, 2.24) is 15.5 Å². The SMILES string of the molecule is O=C1CCC(N2C(=O)c3ccc(CCCNC(=O)C(=O)Nc4ccsc4)cc3C2=O)C(=O)N1. The van der Waals surface area contributed by atoms with E-state index in [-0.39, 0.29) is 30.5 Å². The highest BCUT2D eigenvalue weighted by Crippen LogP contribution is 2.28. The fourth-order valence-electron chi connectivity index (χ4n) is 3.77. The van der Waals surface area contributed by atoms with Crippen molar-refractivity contribution in [3.05, 3.63) is 51.7 Å². The minimum absolute atomic E-state index is 0.0616. The molecule has 3 N–H and O–H groups in total. The van der Waals surface area contributed by atoms with Crippen molar-refractivity contribution in [3.63, 3.8) is 0 Å². The topological polar surface area (TPSA) is 142 Å². The van der Waals surface area contributed by atoms with Crippen LogP contribution in [0.3, 0.4) is 0 Å². The summed E-state index contributed by atoms with van der Waals surface area (Å²) in [5.74, 6) is -3.69. The molecular formula is C22H20N4O6S. The second-order valence-electron chi connectivity index (χ2n) is 7.65. The molecule has 1 saturated heterocycles. The molecule has 0 spiro atoms. The number of carbonyl (C=O) groups excluding carboxylic acids is 6. The van der Waals surface area contributed by atoms with Crippen LogP contribution in [0, 0.1) is 0 Å². The smallest absolute Gasteiger partial charge is 0.313 e. The molecule has 1 atom stereocenters. The van der Waals surface area contributed by atoms with Crippen LogP contribution in [-0.4, -0.2) is 52.9 Å². The van der Waals surface area contributed by atoms with E-state index in [1.165, 1.54) is 11.3 Å². The number of amides is 6. The molecule has 1 aromatic heterocycles. The largest absolute Gasteiger partial charge is 0.348 e. The van der Waals surface area contributed by atoms with Gasteiger partial charge < -0.3 is 10.6 Å². The van der Waals surface area contributed by atoms with E-state index in [0.717, 1.165) is 10.5 Å².